The van der Waals surface area contributed by atoms with Gasteiger partial charge in [-0.15, -0.1) is 11.3 Å². The molecule has 0 saturated carbocycles. The van der Waals surface area contributed by atoms with Crippen LogP contribution in [0.3, 0.4) is 0 Å². The largest absolute Gasteiger partial charge is 0.361 e. The van der Waals surface area contributed by atoms with Gasteiger partial charge in [0.05, 0.1) is 5.69 Å². The van der Waals surface area contributed by atoms with Crippen LogP contribution in [0, 0.1) is 27.7 Å². The Kier molecular flexibility index (Phi) is 4.73. The molecule has 0 unspecified atom stereocenters. The van der Waals surface area contributed by atoms with E-state index in [1.54, 1.807) is 36.9 Å². The van der Waals surface area contributed by atoms with Crippen LogP contribution in [0.25, 0.3) is 0 Å². The molecular weight excluding hydrogens is 342 g/mol. The molecular formula is C17H17N3O2S2. The lowest BCUT2D eigenvalue weighted by molar-refractivity contribution is 0.102. The highest BCUT2D eigenvalue weighted by Gasteiger charge is 2.18. The average Bonchev–Trinajstić information content (AvgIpc) is 3.07. The summed E-state index contributed by atoms with van der Waals surface area (Å²) in [6.07, 6.45) is 0. The Morgan fingerprint density at radius 3 is 2.62 bits per heavy atom. The third-order valence-electron chi connectivity index (χ3n) is 3.51. The van der Waals surface area contributed by atoms with Crippen molar-refractivity contribution in [3.63, 3.8) is 0 Å². The van der Waals surface area contributed by atoms with Crippen LogP contribution >= 0.6 is 23.1 Å². The highest BCUT2D eigenvalue weighted by molar-refractivity contribution is 8.01. The van der Waals surface area contributed by atoms with E-state index in [2.05, 4.69) is 15.5 Å². The number of thiazole rings is 1. The molecule has 124 valence electrons. The van der Waals surface area contributed by atoms with E-state index in [-0.39, 0.29) is 5.91 Å². The van der Waals surface area contributed by atoms with Gasteiger partial charge in [0, 0.05) is 21.7 Å². The molecule has 1 N–H and O–H groups in total. The highest BCUT2D eigenvalue weighted by Crippen LogP contribution is 2.32. The predicted octanol–water partition coefficient (Wildman–Crippen LogP) is 4.77. The van der Waals surface area contributed by atoms with Crippen molar-refractivity contribution in [3.8, 4) is 0 Å². The van der Waals surface area contributed by atoms with Gasteiger partial charge in [-0.05, 0) is 51.5 Å². The number of nitrogens with one attached hydrogen (secondary N) is 1. The molecule has 0 aliphatic rings. The second-order valence-electron chi connectivity index (χ2n) is 5.49. The monoisotopic (exact) mass is 359 g/mol. The molecule has 0 atom stereocenters. The number of carbonyl (C=O) groups is 1. The Balaban J connectivity index is 1.76. The number of amides is 1. The molecule has 1 amide bonds. The zero-order valence-electron chi connectivity index (χ0n) is 13.8. The number of aromatic nitrogens is 2. The summed E-state index contributed by atoms with van der Waals surface area (Å²) < 4.78 is 6.07. The first-order valence-electron chi connectivity index (χ1n) is 7.39. The zero-order chi connectivity index (χ0) is 17.3. The van der Waals surface area contributed by atoms with Crippen molar-refractivity contribution in [2.45, 2.75) is 36.9 Å². The number of carbonyl (C=O) groups excluding carboxylic acids is 1. The van der Waals surface area contributed by atoms with Crippen LogP contribution < -0.4 is 5.32 Å². The summed E-state index contributed by atoms with van der Waals surface area (Å²) in [5, 5.41) is 8.78. The topological polar surface area (TPSA) is 68.0 Å². The normalized spacial score (nSPS) is 10.8. The van der Waals surface area contributed by atoms with Crippen LogP contribution in [0.2, 0.25) is 0 Å². The van der Waals surface area contributed by atoms with Crippen molar-refractivity contribution in [2.75, 3.05) is 5.32 Å². The minimum absolute atomic E-state index is 0.203. The first-order chi connectivity index (χ1) is 11.4. The van der Waals surface area contributed by atoms with Gasteiger partial charge in [-0.25, -0.2) is 4.98 Å². The molecule has 3 rings (SSSR count). The molecule has 0 fully saturated rings. The second-order valence-corrected chi connectivity index (χ2v) is 7.67. The van der Waals surface area contributed by atoms with E-state index in [1.165, 1.54) is 0 Å². The second kappa shape index (κ2) is 6.78. The number of benzene rings is 1. The van der Waals surface area contributed by atoms with E-state index in [1.807, 2.05) is 37.4 Å². The fourth-order valence-corrected chi connectivity index (χ4v) is 4.22. The smallest absolute Gasteiger partial charge is 0.261 e. The Morgan fingerprint density at radius 2 is 2.04 bits per heavy atom. The first-order valence-corrected chi connectivity index (χ1v) is 9.08. The number of hydrogen-bond acceptors (Lipinski definition) is 6. The van der Waals surface area contributed by atoms with Gasteiger partial charge < -0.3 is 9.84 Å². The summed E-state index contributed by atoms with van der Waals surface area (Å²) in [5.74, 6) is 0.319. The van der Waals surface area contributed by atoms with Crippen LogP contribution in [0.5, 0.6) is 0 Å². The third-order valence-corrected chi connectivity index (χ3v) is 5.56. The summed E-state index contributed by atoms with van der Waals surface area (Å²) >= 11 is 3.25. The summed E-state index contributed by atoms with van der Waals surface area (Å²) in [4.78, 5) is 18.0. The Labute approximate surface area is 148 Å². The van der Waals surface area contributed by atoms with Crippen LogP contribution in [0.1, 0.15) is 33.1 Å². The number of hydrogen-bond donors (Lipinski definition) is 1. The van der Waals surface area contributed by atoms with Gasteiger partial charge in [-0.1, -0.05) is 16.9 Å². The molecule has 5 nitrogen and oxygen atoms in total. The van der Waals surface area contributed by atoms with Crippen LogP contribution in [0.4, 0.5) is 5.69 Å². The predicted molar refractivity (Wildman–Crippen MR) is 96.1 cm³/mol. The molecule has 7 heteroatoms. The zero-order valence-corrected chi connectivity index (χ0v) is 15.5. The van der Waals surface area contributed by atoms with Gasteiger partial charge in [0.15, 0.2) is 4.34 Å². The number of nitrogens with zero attached hydrogens (tertiary/aromatic N) is 2. The first kappa shape index (κ1) is 16.7. The van der Waals surface area contributed by atoms with Crippen molar-refractivity contribution < 1.29 is 9.32 Å². The van der Waals surface area contributed by atoms with Crippen LogP contribution in [-0.4, -0.2) is 16.0 Å². The van der Waals surface area contributed by atoms with Gasteiger partial charge in [0.2, 0.25) is 0 Å². The molecule has 0 aliphatic heterocycles. The minimum Gasteiger partial charge on any atom is -0.361 e. The lowest BCUT2D eigenvalue weighted by Crippen LogP contribution is -2.14. The van der Waals surface area contributed by atoms with Gasteiger partial charge >= 0.3 is 0 Å². The fraction of sp³-hybridized carbons (Fsp3) is 0.235. The summed E-state index contributed by atoms with van der Waals surface area (Å²) in [5.41, 5.74) is 3.88. The van der Waals surface area contributed by atoms with E-state index in [4.69, 9.17) is 4.52 Å². The molecule has 2 heterocycles. The average molecular weight is 359 g/mol. The van der Waals surface area contributed by atoms with Crippen molar-refractivity contribution in [1.82, 2.24) is 10.1 Å². The molecule has 24 heavy (non-hydrogen) atoms. The maximum Gasteiger partial charge on any atom is 0.261 e. The van der Waals surface area contributed by atoms with Crippen LogP contribution in [0.15, 0.2) is 37.3 Å². The number of aryl methyl sites for hydroxylation is 4. The van der Waals surface area contributed by atoms with Gasteiger partial charge in [-0.2, -0.15) is 0 Å². The summed E-state index contributed by atoms with van der Waals surface area (Å²) in [7, 11) is 0. The maximum atomic E-state index is 12.4. The van der Waals surface area contributed by atoms with Gasteiger partial charge in [0.1, 0.15) is 11.3 Å². The van der Waals surface area contributed by atoms with Gasteiger partial charge in [0.25, 0.3) is 5.91 Å². The molecule has 0 spiro atoms. The molecule has 0 aliphatic carbocycles. The van der Waals surface area contributed by atoms with E-state index >= 15 is 0 Å². The summed E-state index contributed by atoms with van der Waals surface area (Å²) in [6, 6.07) is 5.94. The van der Waals surface area contributed by atoms with Crippen molar-refractivity contribution in [2.24, 2.45) is 0 Å². The van der Waals surface area contributed by atoms with E-state index in [0.717, 1.165) is 26.2 Å². The SMILES string of the molecule is Cc1csc(Sc2ccc(NC(=O)c3c(C)noc3C)c(C)c2)n1. The fourth-order valence-electron chi connectivity index (χ4n) is 2.31. The molecule has 0 radical (unpaired) electrons. The third kappa shape index (κ3) is 3.52. The maximum absolute atomic E-state index is 12.4. The number of anilines is 1. The lowest BCUT2D eigenvalue weighted by Gasteiger charge is -2.09. The standard InChI is InChI=1S/C17H17N3O2S2/c1-9-7-13(24-17-18-10(2)8-23-17)5-6-14(9)19-16(21)15-11(3)20-22-12(15)4/h5-8H,1-4H3,(H,19,21). The van der Waals surface area contributed by atoms with Crippen molar-refractivity contribution >= 4 is 34.7 Å². The van der Waals surface area contributed by atoms with Crippen molar-refractivity contribution in [3.05, 3.63) is 51.9 Å². The van der Waals surface area contributed by atoms with E-state index < -0.39 is 0 Å². The quantitative estimate of drug-likeness (QED) is 0.727. The Hall–Kier alpha value is -2.12. The molecule has 0 saturated heterocycles. The van der Waals surface area contributed by atoms with E-state index in [9.17, 15) is 4.79 Å². The molecule has 3 aromatic rings. The minimum atomic E-state index is -0.203. The Morgan fingerprint density at radius 1 is 1.25 bits per heavy atom. The molecule has 2 aromatic heterocycles. The number of rotatable bonds is 4. The van der Waals surface area contributed by atoms with E-state index in [0.29, 0.717) is 17.0 Å². The van der Waals surface area contributed by atoms with Crippen LogP contribution in [-0.2, 0) is 0 Å². The highest BCUT2D eigenvalue weighted by atomic mass is 32.2. The molecule has 0 bridgehead atoms. The Bertz CT molecular complexity index is 880. The molecule has 1 aromatic carbocycles. The lowest BCUT2D eigenvalue weighted by atomic mass is 10.1. The van der Waals surface area contributed by atoms with Crippen molar-refractivity contribution in [1.29, 1.82) is 0 Å². The summed E-state index contributed by atoms with van der Waals surface area (Å²) in [6.45, 7) is 7.45. The van der Waals surface area contributed by atoms with Gasteiger partial charge in [-0.3, -0.25) is 4.79 Å².